The Labute approximate surface area is 252 Å². The van der Waals surface area contributed by atoms with Crippen molar-refractivity contribution in [2.45, 2.75) is 20.4 Å². The second-order valence-electron chi connectivity index (χ2n) is 10.8. The summed E-state index contributed by atoms with van der Waals surface area (Å²) in [7, 11) is 1.88. The highest BCUT2D eigenvalue weighted by Gasteiger charge is 2.32. The maximum atomic E-state index is 13.8. The van der Waals surface area contributed by atoms with Gasteiger partial charge in [0, 0.05) is 53.4 Å². The molecule has 44 heavy (non-hydrogen) atoms. The van der Waals surface area contributed by atoms with E-state index in [4.69, 9.17) is 10.1 Å². The van der Waals surface area contributed by atoms with E-state index in [9.17, 15) is 9.59 Å². The van der Waals surface area contributed by atoms with Crippen molar-refractivity contribution >= 4 is 46.0 Å². The fourth-order valence-electron chi connectivity index (χ4n) is 5.72. The van der Waals surface area contributed by atoms with Crippen LogP contribution in [0.2, 0.25) is 0 Å². The van der Waals surface area contributed by atoms with E-state index in [2.05, 4.69) is 25.7 Å². The number of aryl methyl sites for hydroxylation is 3. The molecule has 0 saturated carbocycles. The molecule has 3 aromatic heterocycles. The third-order valence-electron chi connectivity index (χ3n) is 7.98. The van der Waals surface area contributed by atoms with Gasteiger partial charge in [0.15, 0.2) is 5.82 Å². The van der Waals surface area contributed by atoms with Gasteiger partial charge in [-0.15, -0.1) is 0 Å². The molecule has 0 radical (unpaired) electrons. The number of carbonyl (C=O) groups is 2. The van der Waals surface area contributed by atoms with Crippen molar-refractivity contribution in [2.75, 3.05) is 15.5 Å². The quantitative estimate of drug-likeness (QED) is 0.172. The maximum absolute atomic E-state index is 13.8. The Bertz CT molecular complexity index is 2080. The number of amides is 2. The molecule has 1 aliphatic heterocycles. The van der Waals surface area contributed by atoms with E-state index in [1.165, 1.54) is 0 Å². The lowest BCUT2D eigenvalue weighted by atomic mass is 9.97. The van der Waals surface area contributed by atoms with Gasteiger partial charge in [-0.1, -0.05) is 36.4 Å². The number of carboxylic acid groups (broad SMARTS) is 1. The Hall–Kier alpha value is -5.97. The fourth-order valence-corrected chi connectivity index (χ4v) is 5.72. The molecule has 3 aromatic carbocycles. The van der Waals surface area contributed by atoms with E-state index in [1.54, 1.807) is 27.9 Å². The predicted octanol–water partition coefficient (Wildman–Crippen LogP) is 6.64. The molecule has 2 amide bonds. The summed E-state index contributed by atoms with van der Waals surface area (Å²) in [5.74, 6) is 1.03. The number of H-pyrrole nitrogens is 1. The number of aromatic amines is 1. The fraction of sp³-hybridized carbons (Fsp3) is 0.121. The molecule has 11 heteroatoms. The molecule has 4 N–H and O–H groups in total. The van der Waals surface area contributed by atoms with Gasteiger partial charge in [0.1, 0.15) is 0 Å². The largest absolute Gasteiger partial charge is 0.465 e. The standard InChI is InChI=1S/C33H28N8O3/c1-18-15-35-32(37-28-14-19(2)40(3)39-28)38-29(18)25-16-34-30-23(25)7-5-9-27(30)41-17-26-22(6-4-8-24(26)31(41)42)20-10-12-21(13-11-20)36-33(43)44/h4-16,34,36H,17H2,1-3H3,(H,43,44)(H,35,37,38,39). The van der Waals surface area contributed by atoms with E-state index in [0.717, 1.165) is 55.8 Å². The number of nitrogens with one attached hydrogen (secondary N) is 3. The molecule has 218 valence electrons. The zero-order valence-electron chi connectivity index (χ0n) is 24.2. The third kappa shape index (κ3) is 4.60. The second-order valence-corrected chi connectivity index (χ2v) is 10.8. The molecular formula is C33H28N8O3. The van der Waals surface area contributed by atoms with E-state index in [-0.39, 0.29) is 5.91 Å². The molecule has 1 aliphatic rings. The van der Waals surface area contributed by atoms with Crippen LogP contribution in [0.5, 0.6) is 0 Å². The first-order valence-corrected chi connectivity index (χ1v) is 14.0. The molecule has 0 unspecified atom stereocenters. The van der Waals surface area contributed by atoms with Crippen molar-refractivity contribution in [3.8, 4) is 22.4 Å². The Morgan fingerprint density at radius 3 is 2.52 bits per heavy atom. The van der Waals surface area contributed by atoms with E-state index < -0.39 is 6.09 Å². The number of aromatic nitrogens is 5. The molecule has 0 bridgehead atoms. The van der Waals surface area contributed by atoms with Crippen LogP contribution in [0.15, 0.2) is 79.1 Å². The number of carbonyl (C=O) groups excluding carboxylic acids is 1. The van der Waals surface area contributed by atoms with Gasteiger partial charge < -0.3 is 20.3 Å². The van der Waals surface area contributed by atoms with Crippen LogP contribution in [0, 0.1) is 13.8 Å². The summed E-state index contributed by atoms with van der Waals surface area (Å²) in [5, 5.41) is 20.0. The summed E-state index contributed by atoms with van der Waals surface area (Å²) in [6, 6.07) is 20.7. The average molecular weight is 585 g/mol. The Balaban J connectivity index is 1.22. The molecule has 7 rings (SSSR count). The lowest BCUT2D eigenvalue weighted by Crippen LogP contribution is -2.23. The summed E-state index contributed by atoms with van der Waals surface area (Å²) < 4.78 is 1.79. The van der Waals surface area contributed by atoms with Crippen LogP contribution < -0.4 is 15.5 Å². The topological polar surface area (TPSA) is 141 Å². The number of para-hydroxylation sites is 1. The van der Waals surface area contributed by atoms with Gasteiger partial charge in [-0.3, -0.25) is 14.8 Å². The van der Waals surface area contributed by atoms with Crippen LogP contribution in [0.1, 0.15) is 27.2 Å². The Kier molecular flexibility index (Phi) is 6.35. The molecule has 11 nitrogen and oxygen atoms in total. The van der Waals surface area contributed by atoms with Crippen molar-refractivity contribution < 1.29 is 14.7 Å². The van der Waals surface area contributed by atoms with Crippen LogP contribution in [-0.4, -0.2) is 41.8 Å². The van der Waals surface area contributed by atoms with Crippen molar-refractivity contribution in [3.63, 3.8) is 0 Å². The van der Waals surface area contributed by atoms with Gasteiger partial charge in [-0.2, -0.15) is 5.10 Å². The van der Waals surface area contributed by atoms with Crippen molar-refractivity contribution in [3.05, 3.63) is 102 Å². The third-order valence-corrected chi connectivity index (χ3v) is 7.98. The first-order chi connectivity index (χ1) is 21.3. The summed E-state index contributed by atoms with van der Waals surface area (Å²) >= 11 is 0. The zero-order valence-corrected chi connectivity index (χ0v) is 24.2. The zero-order chi connectivity index (χ0) is 30.5. The lowest BCUT2D eigenvalue weighted by Gasteiger charge is -2.17. The SMILES string of the molecule is Cc1cnc(Nc2cc(C)n(C)n2)nc1-c1c[nH]c2c(N3Cc4c(cccc4-c4ccc(NC(=O)O)cc4)C3=O)cccc12. The molecule has 0 spiro atoms. The summed E-state index contributed by atoms with van der Waals surface area (Å²) in [5.41, 5.74) is 9.10. The number of hydrogen-bond donors (Lipinski definition) is 4. The first kappa shape index (κ1) is 26.9. The molecule has 0 fully saturated rings. The molecule has 0 aliphatic carbocycles. The van der Waals surface area contributed by atoms with Crippen LogP contribution in [-0.2, 0) is 13.6 Å². The number of rotatable bonds is 6. The van der Waals surface area contributed by atoms with Crippen LogP contribution in [0.25, 0.3) is 33.3 Å². The van der Waals surface area contributed by atoms with Crippen molar-refractivity contribution in [2.24, 2.45) is 7.05 Å². The average Bonchev–Trinajstić information content (AvgIpc) is 3.68. The lowest BCUT2D eigenvalue weighted by molar-refractivity contribution is 0.0996. The number of hydrogen-bond acceptors (Lipinski definition) is 6. The number of fused-ring (bicyclic) bond motifs is 2. The molecule has 4 heterocycles. The van der Waals surface area contributed by atoms with Gasteiger partial charge in [0.25, 0.3) is 5.91 Å². The number of nitrogens with zero attached hydrogens (tertiary/aromatic N) is 5. The second kappa shape index (κ2) is 10.4. The molecule has 6 aromatic rings. The van der Waals surface area contributed by atoms with Gasteiger partial charge in [-0.05, 0) is 60.4 Å². The van der Waals surface area contributed by atoms with Gasteiger partial charge in [0.2, 0.25) is 5.95 Å². The molecule has 0 atom stereocenters. The van der Waals surface area contributed by atoms with Gasteiger partial charge in [-0.25, -0.2) is 14.8 Å². The highest BCUT2D eigenvalue weighted by molar-refractivity contribution is 6.15. The smallest absolute Gasteiger partial charge is 0.409 e. The maximum Gasteiger partial charge on any atom is 0.409 e. The number of anilines is 4. The van der Waals surface area contributed by atoms with Gasteiger partial charge in [0.05, 0.1) is 23.4 Å². The Morgan fingerprint density at radius 1 is 1.00 bits per heavy atom. The van der Waals surface area contributed by atoms with E-state index in [0.29, 0.717) is 29.6 Å². The van der Waals surface area contributed by atoms with E-state index in [1.807, 2.05) is 81.7 Å². The summed E-state index contributed by atoms with van der Waals surface area (Å²) in [6.45, 7) is 4.35. The minimum absolute atomic E-state index is 0.0787. The summed E-state index contributed by atoms with van der Waals surface area (Å²) in [4.78, 5) is 39.3. The minimum Gasteiger partial charge on any atom is -0.465 e. The van der Waals surface area contributed by atoms with Crippen molar-refractivity contribution in [1.82, 2.24) is 24.7 Å². The first-order valence-electron chi connectivity index (χ1n) is 14.0. The predicted molar refractivity (Wildman–Crippen MR) is 169 cm³/mol. The minimum atomic E-state index is -1.12. The highest BCUT2D eigenvalue weighted by atomic mass is 16.4. The normalized spacial score (nSPS) is 12.5. The monoisotopic (exact) mass is 584 g/mol. The van der Waals surface area contributed by atoms with Crippen LogP contribution in [0.4, 0.5) is 27.9 Å². The van der Waals surface area contributed by atoms with Crippen molar-refractivity contribution in [1.29, 1.82) is 0 Å². The van der Waals surface area contributed by atoms with E-state index >= 15 is 0 Å². The highest BCUT2D eigenvalue weighted by Crippen LogP contribution is 2.40. The molecule has 0 saturated heterocycles. The Morgan fingerprint density at radius 2 is 1.77 bits per heavy atom. The van der Waals surface area contributed by atoms with Crippen LogP contribution >= 0.6 is 0 Å². The number of benzene rings is 3. The molecular weight excluding hydrogens is 556 g/mol. The summed E-state index contributed by atoms with van der Waals surface area (Å²) in [6.07, 6.45) is 2.59. The van der Waals surface area contributed by atoms with Crippen LogP contribution in [0.3, 0.4) is 0 Å². The van der Waals surface area contributed by atoms with Gasteiger partial charge >= 0.3 is 6.09 Å².